The van der Waals surface area contributed by atoms with Gasteiger partial charge in [0.2, 0.25) is 0 Å². The quantitative estimate of drug-likeness (QED) is 0.130. The van der Waals surface area contributed by atoms with E-state index in [4.69, 9.17) is 4.99 Å². The van der Waals surface area contributed by atoms with Crippen LogP contribution >= 0.6 is 45.2 Å². The van der Waals surface area contributed by atoms with Crippen LogP contribution in [0.4, 0.5) is 11.4 Å². The molecule has 0 aliphatic heterocycles. The van der Waals surface area contributed by atoms with Crippen molar-refractivity contribution in [2.24, 2.45) is 4.99 Å². The zero-order valence-electron chi connectivity index (χ0n) is 16.7. The van der Waals surface area contributed by atoms with Crippen molar-refractivity contribution >= 4 is 74.0 Å². The van der Waals surface area contributed by atoms with Crippen LogP contribution in [0.1, 0.15) is 11.1 Å². The highest BCUT2D eigenvalue weighted by Gasteiger charge is 2.12. The SMILES string of the molecule is Ic1ccc(/C(C=Nc2ccccc2)=C(/Nc2ccccc2)c2ccc(I)cc2)cc1. The van der Waals surface area contributed by atoms with Crippen molar-refractivity contribution in [3.8, 4) is 0 Å². The average Bonchev–Trinajstić information content (AvgIpc) is 2.81. The summed E-state index contributed by atoms with van der Waals surface area (Å²) in [5.74, 6) is 0. The number of para-hydroxylation sites is 2. The Labute approximate surface area is 210 Å². The first-order chi connectivity index (χ1) is 15.2. The van der Waals surface area contributed by atoms with Gasteiger partial charge in [0.1, 0.15) is 0 Å². The minimum Gasteiger partial charge on any atom is -0.354 e. The maximum Gasteiger partial charge on any atom is 0.0629 e. The smallest absolute Gasteiger partial charge is 0.0629 e. The zero-order chi connectivity index (χ0) is 21.5. The summed E-state index contributed by atoms with van der Waals surface area (Å²) in [7, 11) is 0. The maximum absolute atomic E-state index is 4.78. The van der Waals surface area contributed by atoms with E-state index in [0.717, 1.165) is 33.8 Å². The molecular weight excluding hydrogens is 606 g/mol. The first kappa shape index (κ1) is 21.8. The minimum absolute atomic E-state index is 0.923. The Bertz CT molecular complexity index is 1180. The molecule has 0 radical (unpaired) electrons. The van der Waals surface area contributed by atoms with Crippen LogP contribution in [0.5, 0.6) is 0 Å². The van der Waals surface area contributed by atoms with E-state index in [1.54, 1.807) is 0 Å². The predicted octanol–water partition coefficient (Wildman–Crippen LogP) is 8.28. The van der Waals surface area contributed by atoms with Crippen molar-refractivity contribution in [1.82, 2.24) is 0 Å². The molecule has 0 aliphatic rings. The van der Waals surface area contributed by atoms with Gasteiger partial charge in [0.05, 0.1) is 11.4 Å². The molecule has 0 bridgehead atoms. The molecule has 0 saturated heterocycles. The Balaban J connectivity index is 1.90. The van der Waals surface area contributed by atoms with E-state index in [-0.39, 0.29) is 0 Å². The van der Waals surface area contributed by atoms with Crippen LogP contribution in [-0.4, -0.2) is 6.21 Å². The van der Waals surface area contributed by atoms with Gasteiger partial charge in [-0.1, -0.05) is 60.7 Å². The molecule has 0 heterocycles. The third-order valence-corrected chi connectivity index (χ3v) is 6.14. The summed E-state index contributed by atoms with van der Waals surface area (Å²) in [4.78, 5) is 4.78. The number of anilines is 1. The molecule has 2 nitrogen and oxygen atoms in total. The summed E-state index contributed by atoms with van der Waals surface area (Å²) in [5, 5.41) is 3.65. The number of aliphatic imine (C=N–C) groups is 1. The summed E-state index contributed by atoms with van der Waals surface area (Å²) in [6.45, 7) is 0. The first-order valence-corrected chi connectivity index (χ1v) is 12.0. The van der Waals surface area contributed by atoms with Gasteiger partial charge >= 0.3 is 0 Å². The van der Waals surface area contributed by atoms with Crippen molar-refractivity contribution in [1.29, 1.82) is 0 Å². The molecule has 0 aromatic heterocycles. The van der Waals surface area contributed by atoms with Gasteiger partial charge in [0, 0.05) is 24.6 Å². The Morgan fingerprint density at radius 1 is 0.613 bits per heavy atom. The van der Waals surface area contributed by atoms with Crippen LogP contribution in [0.15, 0.2) is 114 Å². The first-order valence-electron chi connectivity index (χ1n) is 9.86. The second-order valence-electron chi connectivity index (χ2n) is 6.89. The topological polar surface area (TPSA) is 24.4 Å². The predicted molar refractivity (Wildman–Crippen MR) is 150 cm³/mol. The number of rotatable bonds is 6. The lowest BCUT2D eigenvalue weighted by atomic mass is 9.99. The summed E-state index contributed by atoms with van der Waals surface area (Å²) >= 11 is 4.67. The minimum atomic E-state index is 0.923. The van der Waals surface area contributed by atoms with E-state index >= 15 is 0 Å². The molecule has 0 fully saturated rings. The van der Waals surface area contributed by atoms with Crippen molar-refractivity contribution < 1.29 is 0 Å². The highest BCUT2D eigenvalue weighted by Crippen LogP contribution is 2.29. The molecule has 0 aliphatic carbocycles. The van der Waals surface area contributed by atoms with E-state index < -0.39 is 0 Å². The highest BCUT2D eigenvalue weighted by atomic mass is 127. The fourth-order valence-corrected chi connectivity index (χ4v) is 3.86. The Morgan fingerprint density at radius 3 is 1.71 bits per heavy atom. The summed E-state index contributed by atoms with van der Waals surface area (Å²) < 4.78 is 2.40. The molecule has 4 heteroatoms. The van der Waals surface area contributed by atoms with Gasteiger partial charge in [-0.05, 0) is 105 Å². The number of benzene rings is 4. The summed E-state index contributed by atoms with van der Waals surface area (Å²) in [6.07, 6.45) is 1.96. The van der Waals surface area contributed by atoms with Gasteiger partial charge in [-0.2, -0.15) is 0 Å². The van der Waals surface area contributed by atoms with Crippen molar-refractivity contribution in [3.63, 3.8) is 0 Å². The van der Waals surface area contributed by atoms with Gasteiger partial charge < -0.3 is 5.32 Å². The summed E-state index contributed by atoms with van der Waals surface area (Å²) in [6, 6.07) is 37.4. The molecule has 152 valence electrons. The fraction of sp³-hybridized carbons (Fsp3) is 0. The van der Waals surface area contributed by atoms with Crippen molar-refractivity contribution in [2.75, 3.05) is 5.32 Å². The van der Waals surface area contributed by atoms with E-state index in [1.807, 2.05) is 54.7 Å². The largest absolute Gasteiger partial charge is 0.354 e. The number of hydrogen-bond acceptors (Lipinski definition) is 2. The molecule has 31 heavy (non-hydrogen) atoms. The van der Waals surface area contributed by atoms with Gasteiger partial charge in [-0.25, -0.2) is 0 Å². The van der Waals surface area contributed by atoms with Crippen LogP contribution in [0.3, 0.4) is 0 Å². The number of hydrogen-bond donors (Lipinski definition) is 1. The van der Waals surface area contributed by atoms with Gasteiger partial charge in [0.15, 0.2) is 0 Å². The Hall–Kier alpha value is -2.45. The van der Waals surface area contributed by atoms with E-state index in [0.29, 0.717) is 0 Å². The van der Waals surface area contributed by atoms with Gasteiger partial charge in [-0.3, -0.25) is 4.99 Å². The lowest BCUT2D eigenvalue weighted by Gasteiger charge is -2.17. The normalized spacial score (nSPS) is 11.9. The lowest BCUT2D eigenvalue weighted by Crippen LogP contribution is -2.04. The lowest BCUT2D eigenvalue weighted by molar-refractivity contribution is 1.50. The van der Waals surface area contributed by atoms with Crippen molar-refractivity contribution in [2.45, 2.75) is 0 Å². The molecular formula is C27H20I2N2. The standard InChI is InChI=1S/C27H20I2N2/c28-22-15-11-20(12-16-22)26(19-30-24-7-3-1-4-8-24)27(21-13-17-23(29)18-14-21)31-25-9-5-2-6-10-25/h1-19,31H/b27-26+,30-19?. The summed E-state index contributed by atoms with van der Waals surface area (Å²) in [5.41, 5.74) is 6.22. The van der Waals surface area contributed by atoms with Crippen molar-refractivity contribution in [3.05, 3.63) is 127 Å². The molecule has 0 saturated carbocycles. The van der Waals surface area contributed by atoms with E-state index in [2.05, 4.69) is 111 Å². The molecule has 0 atom stereocenters. The Morgan fingerprint density at radius 2 is 1.13 bits per heavy atom. The highest BCUT2D eigenvalue weighted by molar-refractivity contribution is 14.1. The maximum atomic E-state index is 4.78. The Kier molecular flexibility index (Phi) is 7.53. The van der Waals surface area contributed by atoms with Crippen LogP contribution in [0, 0.1) is 7.14 Å². The zero-order valence-corrected chi connectivity index (χ0v) is 21.0. The average molecular weight is 626 g/mol. The molecule has 1 N–H and O–H groups in total. The second-order valence-corrected chi connectivity index (χ2v) is 9.38. The number of nitrogens with zero attached hydrogens (tertiary/aromatic N) is 1. The number of allylic oxidation sites excluding steroid dienone is 1. The molecule has 0 amide bonds. The molecule has 4 aromatic rings. The monoisotopic (exact) mass is 626 g/mol. The van der Waals surface area contributed by atoms with Gasteiger partial charge in [-0.15, -0.1) is 0 Å². The van der Waals surface area contributed by atoms with E-state index in [9.17, 15) is 0 Å². The van der Waals surface area contributed by atoms with Crippen LogP contribution in [0.2, 0.25) is 0 Å². The third-order valence-electron chi connectivity index (χ3n) is 4.70. The van der Waals surface area contributed by atoms with E-state index in [1.165, 1.54) is 7.14 Å². The van der Waals surface area contributed by atoms with Crippen LogP contribution in [0.25, 0.3) is 11.3 Å². The van der Waals surface area contributed by atoms with Crippen LogP contribution < -0.4 is 5.32 Å². The molecule has 4 aromatic carbocycles. The number of nitrogens with one attached hydrogen (secondary N) is 1. The van der Waals surface area contributed by atoms with Crippen LogP contribution in [-0.2, 0) is 0 Å². The molecule has 0 spiro atoms. The fourth-order valence-electron chi connectivity index (χ4n) is 3.14. The molecule has 4 rings (SSSR count). The van der Waals surface area contributed by atoms with Gasteiger partial charge in [0.25, 0.3) is 0 Å². The molecule has 0 unspecified atom stereocenters. The number of halogens is 2. The third kappa shape index (κ3) is 6.04. The second kappa shape index (κ2) is 10.7.